The summed E-state index contributed by atoms with van der Waals surface area (Å²) < 4.78 is 12.4. The van der Waals surface area contributed by atoms with Gasteiger partial charge in [-0.25, -0.2) is 0 Å². The van der Waals surface area contributed by atoms with E-state index in [0.717, 1.165) is 25.7 Å². The van der Waals surface area contributed by atoms with Crippen LogP contribution in [-0.2, 0) is 23.9 Å². The lowest BCUT2D eigenvalue weighted by Gasteiger charge is -2.37. The Hall–Kier alpha value is -2.19. The molecule has 1 spiro atoms. The first-order valence-electron chi connectivity index (χ1n) is 14.2. The molecule has 3 rings (SSSR count). The SMILES string of the molecule is C=CCCOC(=O)[C@@H]1[C@H]2C(=O)N(CCCCCO)C(C(=O)N(CC=C)CCCCC)C23CC[C@@]1(CC)O3. The normalized spacial score (nSPS) is 29.9. The fraction of sp³-hybridized carbons (Fsp3) is 0.759. The van der Waals surface area contributed by atoms with Gasteiger partial charge in [0.15, 0.2) is 0 Å². The minimum atomic E-state index is -1.03. The van der Waals surface area contributed by atoms with Crippen molar-refractivity contribution in [3.63, 3.8) is 0 Å². The smallest absolute Gasteiger partial charge is 0.312 e. The van der Waals surface area contributed by atoms with Crippen LogP contribution in [0, 0.1) is 11.8 Å². The lowest BCUT2D eigenvalue weighted by atomic mass is 9.65. The number of amides is 2. The number of rotatable bonds is 17. The summed E-state index contributed by atoms with van der Waals surface area (Å²) >= 11 is 0. The third kappa shape index (κ3) is 5.51. The highest BCUT2D eigenvalue weighted by Crippen LogP contribution is 2.64. The summed E-state index contributed by atoms with van der Waals surface area (Å²) in [4.78, 5) is 45.2. The van der Waals surface area contributed by atoms with Crippen LogP contribution in [0.5, 0.6) is 0 Å². The highest BCUT2D eigenvalue weighted by Gasteiger charge is 2.79. The number of aliphatic hydroxyl groups excluding tert-OH is 1. The van der Waals surface area contributed by atoms with Gasteiger partial charge in [-0.15, -0.1) is 13.2 Å². The molecule has 0 aliphatic carbocycles. The van der Waals surface area contributed by atoms with Gasteiger partial charge in [0.1, 0.15) is 17.6 Å². The monoisotopic (exact) mass is 518 g/mol. The van der Waals surface area contributed by atoms with E-state index in [1.165, 1.54) is 0 Å². The van der Waals surface area contributed by atoms with Crippen molar-refractivity contribution in [2.75, 3.05) is 32.8 Å². The highest BCUT2D eigenvalue weighted by atomic mass is 16.6. The van der Waals surface area contributed by atoms with E-state index in [4.69, 9.17) is 9.47 Å². The van der Waals surface area contributed by atoms with Gasteiger partial charge in [-0.05, 0) is 51.4 Å². The number of hydrogen-bond donors (Lipinski definition) is 1. The van der Waals surface area contributed by atoms with Crippen molar-refractivity contribution in [2.24, 2.45) is 11.8 Å². The van der Waals surface area contributed by atoms with Gasteiger partial charge in [0.25, 0.3) is 0 Å². The zero-order valence-corrected chi connectivity index (χ0v) is 22.8. The minimum absolute atomic E-state index is 0.0914. The van der Waals surface area contributed by atoms with Gasteiger partial charge in [-0.3, -0.25) is 14.4 Å². The third-order valence-corrected chi connectivity index (χ3v) is 8.48. The van der Waals surface area contributed by atoms with Crippen LogP contribution in [0.4, 0.5) is 0 Å². The van der Waals surface area contributed by atoms with E-state index >= 15 is 0 Å². The van der Waals surface area contributed by atoms with Gasteiger partial charge in [-0.2, -0.15) is 0 Å². The molecule has 3 aliphatic rings. The van der Waals surface area contributed by atoms with E-state index < -0.39 is 35.0 Å². The molecule has 0 aromatic rings. The summed E-state index contributed by atoms with van der Waals surface area (Å²) in [5, 5.41) is 9.21. The standard InChI is InChI=1S/C29H46N2O6/c1-5-9-12-18-30(17-7-3)26(34)24-29-16-15-28(8-4,37-29)23(27(35)36-21-10-6-2)22(29)25(33)31(24)19-13-11-14-20-32/h6-7,22-24,32H,2-3,5,8-21H2,1,4H3/t22-,23-,24?,28+,29?/m0/s1. The van der Waals surface area contributed by atoms with E-state index in [-0.39, 0.29) is 25.0 Å². The molecule has 3 aliphatic heterocycles. The summed E-state index contributed by atoms with van der Waals surface area (Å²) in [5.41, 5.74) is -1.83. The van der Waals surface area contributed by atoms with E-state index in [1.54, 1.807) is 22.0 Å². The molecule has 0 aromatic carbocycles. The molecular weight excluding hydrogens is 472 g/mol. The predicted molar refractivity (Wildman–Crippen MR) is 142 cm³/mol. The zero-order chi connectivity index (χ0) is 27.1. The van der Waals surface area contributed by atoms with E-state index in [9.17, 15) is 19.5 Å². The van der Waals surface area contributed by atoms with Gasteiger partial charge in [0, 0.05) is 26.2 Å². The van der Waals surface area contributed by atoms with Gasteiger partial charge in [-0.1, -0.05) is 38.8 Å². The average molecular weight is 519 g/mol. The van der Waals surface area contributed by atoms with Crippen LogP contribution in [0.3, 0.4) is 0 Å². The van der Waals surface area contributed by atoms with Crippen LogP contribution in [0.2, 0.25) is 0 Å². The van der Waals surface area contributed by atoms with E-state index in [2.05, 4.69) is 20.1 Å². The first-order valence-corrected chi connectivity index (χ1v) is 14.2. The Balaban J connectivity index is 1.98. The number of carbonyl (C=O) groups excluding carboxylic acids is 3. The predicted octanol–water partition coefficient (Wildman–Crippen LogP) is 3.63. The quantitative estimate of drug-likeness (QED) is 0.179. The van der Waals surface area contributed by atoms with Gasteiger partial charge < -0.3 is 24.4 Å². The van der Waals surface area contributed by atoms with Crippen molar-refractivity contribution in [1.29, 1.82) is 0 Å². The number of likely N-dealkylation sites (tertiary alicyclic amines) is 1. The first kappa shape index (κ1) is 29.4. The van der Waals surface area contributed by atoms with Crippen molar-refractivity contribution in [2.45, 2.75) is 95.3 Å². The topological polar surface area (TPSA) is 96.4 Å². The molecule has 5 atom stereocenters. The van der Waals surface area contributed by atoms with Crippen molar-refractivity contribution < 1.29 is 29.0 Å². The Bertz CT molecular complexity index is 846. The maximum Gasteiger partial charge on any atom is 0.312 e. The second kappa shape index (κ2) is 13.1. The molecule has 3 heterocycles. The maximum absolute atomic E-state index is 14.2. The molecule has 8 nitrogen and oxygen atoms in total. The van der Waals surface area contributed by atoms with Crippen LogP contribution >= 0.6 is 0 Å². The molecule has 3 fully saturated rings. The fourth-order valence-electron chi connectivity index (χ4n) is 6.67. The lowest BCUT2D eigenvalue weighted by molar-refractivity contribution is -0.162. The number of unbranched alkanes of at least 4 members (excludes halogenated alkanes) is 4. The average Bonchev–Trinajstić information content (AvgIpc) is 3.49. The number of carbonyl (C=O) groups is 3. The van der Waals surface area contributed by atoms with Crippen LogP contribution < -0.4 is 0 Å². The number of esters is 1. The molecule has 3 saturated heterocycles. The highest BCUT2D eigenvalue weighted by molar-refractivity contribution is 5.98. The van der Waals surface area contributed by atoms with Crippen molar-refractivity contribution in [3.8, 4) is 0 Å². The Morgan fingerprint density at radius 1 is 1.16 bits per heavy atom. The van der Waals surface area contributed by atoms with E-state index in [1.807, 2.05) is 6.92 Å². The number of hydrogen-bond acceptors (Lipinski definition) is 6. The molecule has 0 radical (unpaired) electrons. The molecule has 37 heavy (non-hydrogen) atoms. The molecular formula is C29H46N2O6. The fourth-order valence-corrected chi connectivity index (χ4v) is 6.67. The third-order valence-electron chi connectivity index (χ3n) is 8.48. The largest absolute Gasteiger partial charge is 0.465 e. The lowest BCUT2D eigenvalue weighted by Crippen LogP contribution is -2.56. The van der Waals surface area contributed by atoms with Gasteiger partial charge in [0.05, 0.1) is 18.1 Å². The number of nitrogens with zero attached hydrogens (tertiary/aromatic N) is 2. The van der Waals surface area contributed by atoms with Gasteiger partial charge >= 0.3 is 5.97 Å². The Labute approximate surface area is 222 Å². The minimum Gasteiger partial charge on any atom is -0.465 e. The molecule has 2 unspecified atom stereocenters. The first-order chi connectivity index (χ1) is 17.9. The second-order valence-corrected chi connectivity index (χ2v) is 10.7. The number of ether oxygens (including phenoxy) is 2. The molecule has 8 heteroatoms. The summed E-state index contributed by atoms with van der Waals surface area (Å²) in [7, 11) is 0. The van der Waals surface area contributed by atoms with Crippen LogP contribution in [0.25, 0.3) is 0 Å². The summed E-state index contributed by atoms with van der Waals surface area (Å²) in [6.07, 6.45) is 10.7. The summed E-state index contributed by atoms with van der Waals surface area (Å²) in [5.74, 6) is -2.18. The molecule has 0 aromatic heterocycles. The van der Waals surface area contributed by atoms with Crippen LogP contribution in [0.15, 0.2) is 25.3 Å². The summed E-state index contributed by atoms with van der Waals surface area (Å²) in [6, 6.07) is -0.778. The van der Waals surface area contributed by atoms with E-state index in [0.29, 0.717) is 58.2 Å². The number of aliphatic hydroxyl groups is 1. The Morgan fingerprint density at radius 3 is 2.59 bits per heavy atom. The Morgan fingerprint density at radius 2 is 1.95 bits per heavy atom. The summed E-state index contributed by atoms with van der Waals surface area (Å²) in [6.45, 7) is 13.3. The zero-order valence-electron chi connectivity index (χ0n) is 22.8. The number of fused-ring (bicyclic) bond motifs is 1. The maximum atomic E-state index is 14.2. The second-order valence-electron chi connectivity index (χ2n) is 10.7. The van der Waals surface area contributed by atoms with Crippen molar-refractivity contribution in [3.05, 3.63) is 25.3 Å². The van der Waals surface area contributed by atoms with Crippen molar-refractivity contribution >= 4 is 17.8 Å². The Kier molecular flexibility index (Phi) is 10.4. The van der Waals surface area contributed by atoms with Crippen molar-refractivity contribution in [1.82, 2.24) is 9.80 Å². The van der Waals surface area contributed by atoms with Crippen LogP contribution in [0.1, 0.15) is 78.1 Å². The molecule has 0 saturated carbocycles. The molecule has 1 N–H and O–H groups in total. The van der Waals surface area contributed by atoms with Gasteiger partial charge in [0.2, 0.25) is 11.8 Å². The molecule has 2 amide bonds. The molecule has 208 valence electrons. The molecule has 2 bridgehead atoms. The van der Waals surface area contributed by atoms with Crippen LogP contribution in [-0.4, -0.2) is 82.8 Å².